The van der Waals surface area contributed by atoms with Crippen LogP contribution in [-0.2, 0) is 6.42 Å². The van der Waals surface area contributed by atoms with Crippen LogP contribution >= 0.6 is 0 Å². The van der Waals surface area contributed by atoms with Crippen molar-refractivity contribution in [1.29, 1.82) is 0 Å². The first-order valence-corrected chi connectivity index (χ1v) is 10.8. The fourth-order valence-corrected chi connectivity index (χ4v) is 4.45. The molecule has 4 aromatic rings. The summed E-state index contributed by atoms with van der Waals surface area (Å²) in [4.78, 5) is 18.7. The summed E-state index contributed by atoms with van der Waals surface area (Å²) in [6.07, 6.45) is 0.744. The van der Waals surface area contributed by atoms with E-state index in [0.717, 1.165) is 28.9 Å². The summed E-state index contributed by atoms with van der Waals surface area (Å²) >= 11 is 0. The second-order valence-electron chi connectivity index (χ2n) is 7.85. The van der Waals surface area contributed by atoms with Crippen LogP contribution in [-0.4, -0.2) is 29.1 Å². The lowest BCUT2D eigenvalue weighted by atomic mass is 9.92. The zero-order valence-electron chi connectivity index (χ0n) is 17.8. The number of nitrogens with one attached hydrogen (secondary N) is 2. The Morgan fingerprint density at radius 2 is 1.84 bits per heavy atom. The molecule has 5 nitrogen and oxygen atoms in total. The molecule has 1 atom stereocenters. The number of fused-ring (bicyclic) bond motifs is 3. The molecule has 3 aromatic carbocycles. The molecule has 0 spiro atoms. The van der Waals surface area contributed by atoms with Crippen molar-refractivity contribution in [3.63, 3.8) is 0 Å². The number of carbonyl (C=O) groups excluding carboxylic acids is 1. The predicted molar refractivity (Wildman–Crippen MR) is 124 cm³/mol. The van der Waals surface area contributed by atoms with Crippen LogP contribution in [0.2, 0.25) is 0 Å². The van der Waals surface area contributed by atoms with Crippen molar-refractivity contribution in [2.24, 2.45) is 0 Å². The molecule has 6 heteroatoms. The normalized spacial score (nSPS) is 15.4. The molecule has 2 amide bonds. The van der Waals surface area contributed by atoms with E-state index < -0.39 is 0 Å². The first-order chi connectivity index (χ1) is 15.6. The molecule has 1 aromatic heterocycles. The molecule has 0 saturated heterocycles. The van der Waals surface area contributed by atoms with Gasteiger partial charge in [-0.25, -0.2) is 9.18 Å². The van der Waals surface area contributed by atoms with Gasteiger partial charge in [-0.15, -0.1) is 0 Å². The van der Waals surface area contributed by atoms with Crippen molar-refractivity contribution in [3.05, 3.63) is 95.4 Å². The highest BCUT2D eigenvalue weighted by molar-refractivity contribution is 5.91. The number of hydrogen-bond donors (Lipinski definition) is 2. The van der Waals surface area contributed by atoms with E-state index in [1.807, 2.05) is 49.4 Å². The van der Waals surface area contributed by atoms with Crippen molar-refractivity contribution in [1.82, 2.24) is 9.88 Å². The average Bonchev–Trinajstić information content (AvgIpc) is 3.19. The quantitative estimate of drug-likeness (QED) is 0.425. The molecular weight excluding hydrogens is 405 g/mol. The van der Waals surface area contributed by atoms with Gasteiger partial charge in [0, 0.05) is 28.8 Å². The number of hydrogen-bond acceptors (Lipinski definition) is 2. The van der Waals surface area contributed by atoms with Gasteiger partial charge in [0.05, 0.1) is 12.6 Å². The van der Waals surface area contributed by atoms with Crippen LogP contribution in [0.1, 0.15) is 29.8 Å². The number of urea groups is 1. The number of para-hydroxylation sites is 1. The number of amides is 2. The maximum Gasteiger partial charge on any atom is 0.322 e. The number of aromatic nitrogens is 1. The Morgan fingerprint density at radius 3 is 2.59 bits per heavy atom. The minimum Gasteiger partial charge on any atom is -0.494 e. The Balaban J connectivity index is 1.50. The topological polar surface area (TPSA) is 57.4 Å². The summed E-state index contributed by atoms with van der Waals surface area (Å²) in [6.45, 7) is 3.07. The lowest BCUT2D eigenvalue weighted by Gasteiger charge is -2.36. The molecule has 162 valence electrons. The SMILES string of the molecule is CCOc1ccc(NC(=O)N2CCc3c([nH]c4ccccc34)[C@@H]2c2ccc(F)cc2)cc1. The number of H-pyrrole nitrogens is 1. The zero-order valence-corrected chi connectivity index (χ0v) is 17.8. The molecule has 32 heavy (non-hydrogen) atoms. The van der Waals surface area contributed by atoms with Gasteiger partial charge in [-0.1, -0.05) is 30.3 Å². The monoisotopic (exact) mass is 429 g/mol. The largest absolute Gasteiger partial charge is 0.494 e. The van der Waals surface area contributed by atoms with Gasteiger partial charge < -0.3 is 19.9 Å². The molecule has 0 bridgehead atoms. The minimum absolute atomic E-state index is 0.201. The van der Waals surface area contributed by atoms with Crippen molar-refractivity contribution in [2.45, 2.75) is 19.4 Å². The number of ether oxygens (including phenoxy) is 1. The fourth-order valence-electron chi connectivity index (χ4n) is 4.45. The number of rotatable bonds is 4. The highest BCUT2D eigenvalue weighted by atomic mass is 19.1. The predicted octanol–water partition coefficient (Wildman–Crippen LogP) is 5.89. The molecule has 0 aliphatic carbocycles. The van der Waals surface area contributed by atoms with Crippen molar-refractivity contribution in [3.8, 4) is 5.75 Å². The van der Waals surface area contributed by atoms with Crippen LogP contribution in [0.4, 0.5) is 14.9 Å². The third kappa shape index (κ3) is 3.68. The van der Waals surface area contributed by atoms with Gasteiger partial charge in [-0.05, 0) is 66.9 Å². The lowest BCUT2D eigenvalue weighted by molar-refractivity contribution is 0.193. The van der Waals surface area contributed by atoms with E-state index in [1.165, 1.54) is 23.1 Å². The maximum absolute atomic E-state index is 13.6. The van der Waals surface area contributed by atoms with Crippen molar-refractivity contribution in [2.75, 3.05) is 18.5 Å². The number of anilines is 1. The van der Waals surface area contributed by atoms with Gasteiger partial charge in [0.25, 0.3) is 0 Å². The Kier molecular flexibility index (Phi) is 5.27. The number of carbonyl (C=O) groups is 1. The number of nitrogens with zero attached hydrogens (tertiary/aromatic N) is 1. The van der Waals surface area contributed by atoms with Gasteiger partial charge in [0.15, 0.2) is 0 Å². The van der Waals surface area contributed by atoms with E-state index >= 15 is 0 Å². The average molecular weight is 429 g/mol. The molecule has 1 aliphatic heterocycles. The van der Waals surface area contributed by atoms with Gasteiger partial charge in [-0.2, -0.15) is 0 Å². The minimum atomic E-state index is -0.338. The van der Waals surface area contributed by atoms with Crippen LogP contribution < -0.4 is 10.1 Å². The second kappa shape index (κ2) is 8.38. The maximum atomic E-state index is 13.6. The molecule has 2 heterocycles. The third-order valence-electron chi connectivity index (χ3n) is 5.90. The van der Waals surface area contributed by atoms with Crippen LogP contribution in [0.15, 0.2) is 72.8 Å². The molecule has 0 saturated carbocycles. The number of benzene rings is 3. The smallest absolute Gasteiger partial charge is 0.322 e. The zero-order chi connectivity index (χ0) is 22.1. The molecule has 2 N–H and O–H groups in total. The Bertz CT molecular complexity index is 1250. The Morgan fingerprint density at radius 1 is 1.09 bits per heavy atom. The van der Waals surface area contributed by atoms with E-state index in [1.54, 1.807) is 17.0 Å². The lowest BCUT2D eigenvalue weighted by Crippen LogP contribution is -2.43. The highest BCUT2D eigenvalue weighted by Crippen LogP contribution is 2.38. The van der Waals surface area contributed by atoms with Gasteiger partial charge in [0.1, 0.15) is 11.6 Å². The summed E-state index contributed by atoms with van der Waals surface area (Å²) < 4.78 is 19.1. The Hall–Kier alpha value is -3.80. The van der Waals surface area contributed by atoms with E-state index in [4.69, 9.17) is 4.74 Å². The summed E-state index contributed by atoms with van der Waals surface area (Å²) in [5.74, 6) is 0.460. The van der Waals surface area contributed by atoms with E-state index in [9.17, 15) is 9.18 Å². The highest BCUT2D eigenvalue weighted by Gasteiger charge is 2.34. The Labute approximate surface area is 185 Å². The van der Waals surface area contributed by atoms with Crippen LogP contribution in [0.25, 0.3) is 10.9 Å². The standard InChI is InChI=1S/C26H24FN3O2/c1-2-32-20-13-11-19(12-14-20)28-26(31)30-16-15-22-21-5-3-4-6-23(21)29-24(22)25(30)17-7-9-18(27)10-8-17/h3-14,25,29H,2,15-16H2,1H3,(H,28,31)/t25-/m0/s1. The molecular formula is C26H24FN3O2. The first kappa shape index (κ1) is 20.1. The molecule has 0 radical (unpaired) electrons. The van der Waals surface area contributed by atoms with E-state index in [2.05, 4.69) is 16.4 Å². The first-order valence-electron chi connectivity index (χ1n) is 10.8. The van der Waals surface area contributed by atoms with Gasteiger partial charge in [-0.3, -0.25) is 0 Å². The van der Waals surface area contributed by atoms with Gasteiger partial charge in [0.2, 0.25) is 0 Å². The number of halogens is 1. The van der Waals surface area contributed by atoms with Crippen molar-refractivity contribution >= 4 is 22.6 Å². The molecule has 0 unspecified atom stereocenters. The van der Waals surface area contributed by atoms with Gasteiger partial charge >= 0.3 is 6.03 Å². The summed E-state index contributed by atoms with van der Waals surface area (Å²) in [5, 5.41) is 4.17. The summed E-state index contributed by atoms with van der Waals surface area (Å²) in [6, 6.07) is 21.3. The molecule has 0 fully saturated rings. The summed E-state index contributed by atoms with van der Waals surface area (Å²) in [7, 11) is 0. The third-order valence-corrected chi connectivity index (χ3v) is 5.90. The van der Waals surface area contributed by atoms with E-state index in [0.29, 0.717) is 18.8 Å². The molecule has 5 rings (SSSR count). The van der Waals surface area contributed by atoms with Crippen LogP contribution in [0.5, 0.6) is 5.75 Å². The second-order valence-corrected chi connectivity index (χ2v) is 7.85. The fraction of sp³-hybridized carbons (Fsp3) is 0.192. The molecule has 1 aliphatic rings. The summed E-state index contributed by atoms with van der Waals surface area (Å²) in [5.41, 5.74) is 4.78. The number of aromatic amines is 1. The van der Waals surface area contributed by atoms with Crippen LogP contribution in [0.3, 0.4) is 0 Å². The van der Waals surface area contributed by atoms with Crippen molar-refractivity contribution < 1.29 is 13.9 Å². The van der Waals surface area contributed by atoms with Crippen LogP contribution in [0, 0.1) is 5.82 Å². The van der Waals surface area contributed by atoms with E-state index in [-0.39, 0.29) is 17.9 Å².